The van der Waals surface area contributed by atoms with Gasteiger partial charge in [-0.15, -0.1) is 0 Å². The van der Waals surface area contributed by atoms with Crippen LogP contribution in [0.5, 0.6) is 0 Å². The van der Waals surface area contributed by atoms with E-state index in [0.29, 0.717) is 5.56 Å². The quantitative estimate of drug-likeness (QED) is 0.545. The van der Waals surface area contributed by atoms with Crippen LogP contribution in [-0.4, -0.2) is 34.8 Å². The number of carboxylic acids is 1. The van der Waals surface area contributed by atoms with Crippen LogP contribution in [0, 0.1) is 16.0 Å². The molecule has 0 saturated heterocycles. The van der Waals surface area contributed by atoms with Crippen molar-refractivity contribution in [3.63, 3.8) is 0 Å². The summed E-state index contributed by atoms with van der Waals surface area (Å²) < 4.78 is 27.3. The van der Waals surface area contributed by atoms with Crippen LogP contribution in [-0.2, 0) is 21.4 Å². The molecule has 0 unspecified atom stereocenters. The summed E-state index contributed by atoms with van der Waals surface area (Å²) in [4.78, 5) is 21.8. The van der Waals surface area contributed by atoms with Gasteiger partial charge in [0.1, 0.15) is 6.04 Å². The number of nitrogens with zero attached hydrogens (tertiary/aromatic N) is 2. The molecule has 1 N–H and O–H groups in total. The van der Waals surface area contributed by atoms with E-state index in [1.54, 1.807) is 44.2 Å². The Labute approximate surface area is 157 Å². The van der Waals surface area contributed by atoms with Gasteiger partial charge in [0.25, 0.3) is 5.69 Å². The van der Waals surface area contributed by atoms with E-state index >= 15 is 0 Å². The largest absolute Gasteiger partial charge is 0.480 e. The van der Waals surface area contributed by atoms with Gasteiger partial charge in [0.2, 0.25) is 10.0 Å². The Morgan fingerprint density at radius 3 is 2.30 bits per heavy atom. The molecule has 0 fully saturated rings. The van der Waals surface area contributed by atoms with Crippen molar-refractivity contribution in [3.05, 3.63) is 70.3 Å². The van der Waals surface area contributed by atoms with E-state index in [0.717, 1.165) is 10.4 Å². The summed E-state index contributed by atoms with van der Waals surface area (Å²) >= 11 is 0. The molecule has 144 valence electrons. The fraction of sp³-hybridized carbons (Fsp3) is 0.278. The second kappa shape index (κ2) is 8.28. The van der Waals surface area contributed by atoms with Crippen molar-refractivity contribution in [1.29, 1.82) is 0 Å². The lowest BCUT2D eigenvalue weighted by Crippen LogP contribution is -2.47. The third-order valence-electron chi connectivity index (χ3n) is 4.01. The highest BCUT2D eigenvalue weighted by Crippen LogP contribution is 2.27. The lowest BCUT2D eigenvalue weighted by Gasteiger charge is -2.30. The Bertz CT molecular complexity index is 928. The highest BCUT2D eigenvalue weighted by molar-refractivity contribution is 7.89. The Morgan fingerprint density at radius 1 is 1.15 bits per heavy atom. The molecule has 0 aliphatic carbocycles. The van der Waals surface area contributed by atoms with Crippen LogP contribution >= 0.6 is 0 Å². The lowest BCUT2D eigenvalue weighted by molar-refractivity contribution is -0.385. The van der Waals surface area contributed by atoms with E-state index in [2.05, 4.69) is 0 Å². The summed E-state index contributed by atoms with van der Waals surface area (Å²) in [6.45, 7) is 3.06. The number of hydrogen-bond acceptors (Lipinski definition) is 5. The zero-order valence-electron chi connectivity index (χ0n) is 14.8. The number of nitro groups is 1. The minimum absolute atomic E-state index is 0.166. The van der Waals surface area contributed by atoms with E-state index < -0.39 is 32.9 Å². The van der Waals surface area contributed by atoms with Gasteiger partial charge in [0.05, 0.1) is 9.82 Å². The minimum atomic E-state index is -4.30. The van der Waals surface area contributed by atoms with Gasteiger partial charge in [0, 0.05) is 18.7 Å². The van der Waals surface area contributed by atoms with Crippen molar-refractivity contribution in [2.75, 3.05) is 0 Å². The molecule has 1 atom stereocenters. The molecule has 9 heteroatoms. The average molecular weight is 392 g/mol. The topological polar surface area (TPSA) is 118 Å². The summed E-state index contributed by atoms with van der Waals surface area (Å²) in [5.41, 5.74) is 0.227. The molecule has 0 bridgehead atoms. The summed E-state index contributed by atoms with van der Waals surface area (Å²) in [6, 6.07) is 11.9. The number of benzene rings is 2. The van der Waals surface area contributed by atoms with Crippen molar-refractivity contribution in [2.45, 2.75) is 31.3 Å². The zero-order valence-corrected chi connectivity index (χ0v) is 15.7. The van der Waals surface area contributed by atoms with Gasteiger partial charge in [0.15, 0.2) is 0 Å². The predicted octanol–water partition coefficient (Wildman–Crippen LogP) is 2.89. The third-order valence-corrected chi connectivity index (χ3v) is 5.83. The van der Waals surface area contributed by atoms with Gasteiger partial charge in [-0.1, -0.05) is 50.2 Å². The summed E-state index contributed by atoms with van der Waals surface area (Å²) in [5, 5.41) is 20.6. The van der Waals surface area contributed by atoms with Crippen molar-refractivity contribution >= 4 is 21.7 Å². The molecule has 2 aromatic carbocycles. The van der Waals surface area contributed by atoms with Crippen LogP contribution in [0.15, 0.2) is 59.5 Å². The summed E-state index contributed by atoms with van der Waals surface area (Å²) in [5.74, 6) is -1.80. The first-order valence-corrected chi connectivity index (χ1v) is 9.61. The molecule has 0 heterocycles. The smallest absolute Gasteiger partial charge is 0.322 e. The van der Waals surface area contributed by atoms with Gasteiger partial charge in [-0.2, -0.15) is 4.31 Å². The van der Waals surface area contributed by atoms with E-state index in [9.17, 15) is 28.4 Å². The molecule has 0 aromatic heterocycles. The van der Waals surface area contributed by atoms with Crippen molar-refractivity contribution < 1.29 is 23.2 Å². The number of rotatable bonds is 8. The van der Waals surface area contributed by atoms with Gasteiger partial charge >= 0.3 is 5.97 Å². The molecule has 2 aromatic rings. The van der Waals surface area contributed by atoms with Crippen molar-refractivity contribution in [2.24, 2.45) is 5.92 Å². The molecular weight excluding hydrogens is 372 g/mol. The van der Waals surface area contributed by atoms with Crippen LogP contribution in [0.3, 0.4) is 0 Å². The monoisotopic (exact) mass is 392 g/mol. The van der Waals surface area contributed by atoms with Crippen LogP contribution in [0.4, 0.5) is 5.69 Å². The van der Waals surface area contributed by atoms with Gasteiger partial charge in [-0.25, -0.2) is 8.42 Å². The maximum absolute atomic E-state index is 13.2. The maximum Gasteiger partial charge on any atom is 0.322 e. The Morgan fingerprint density at radius 2 is 1.78 bits per heavy atom. The molecule has 0 saturated carbocycles. The Balaban J connectivity index is 2.58. The fourth-order valence-electron chi connectivity index (χ4n) is 2.73. The first kappa shape index (κ1) is 20.5. The Hall–Kier alpha value is -2.78. The van der Waals surface area contributed by atoms with Crippen LogP contribution in [0.25, 0.3) is 0 Å². The van der Waals surface area contributed by atoms with E-state index in [1.165, 1.54) is 18.2 Å². The predicted molar refractivity (Wildman–Crippen MR) is 98.5 cm³/mol. The minimum Gasteiger partial charge on any atom is -0.480 e. The molecule has 0 spiro atoms. The first-order valence-electron chi connectivity index (χ1n) is 8.17. The number of aliphatic carboxylic acids is 1. The molecule has 27 heavy (non-hydrogen) atoms. The normalized spacial score (nSPS) is 12.9. The summed E-state index contributed by atoms with van der Waals surface area (Å²) in [6.07, 6.45) is 0. The molecule has 8 nitrogen and oxygen atoms in total. The molecule has 2 rings (SSSR count). The number of hydrogen-bond donors (Lipinski definition) is 1. The van der Waals surface area contributed by atoms with Gasteiger partial charge in [-0.05, 0) is 17.5 Å². The molecule has 0 aliphatic rings. The SMILES string of the molecule is CC(C)[C@@H](C(=O)O)N(Cc1ccccc1)S(=O)(=O)c1cccc([N+](=O)[O-])c1. The average Bonchev–Trinajstić information content (AvgIpc) is 2.61. The summed E-state index contributed by atoms with van der Waals surface area (Å²) in [7, 11) is -4.30. The number of carbonyl (C=O) groups is 1. The number of carboxylic acid groups (broad SMARTS) is 1. The Kier molecular flexibility index (Phi) is 6.29. The maximum atomic E-state index is 13.2. The molecule has 0 aliphatic heterocycles. The number of non-ortho nitro benzene ring substituents is 1. The highest BCUT2D eigenvalue weighted by Gasteiger charge is 2.38. The lowest BCUT2D eigenvalue weighted by atomic mass is 10.0. The van der Waals surface area contributed by atoms with Gasteiger partial charge < -0.3 is 5.11 Å². The number of sulfonamides is 1. The standard InChI is InChI=1S/C18H20N2O6S/c1-13(2)17(18(21)22)19(12-14-7-4-3-5-8-14)27(25,26)16-10-6-9-15(11-16)20(23)24/h3-11,13,17H,12H2,1-2H3,(H,21,22)/t17-/m0/s1. The van der Waals surface area contributed by atoms with Crippen molar-refractivity contribution in [3.8, 4) is 0 Å². The van der Waals surface area contributed by atoms with E-state index in [-0.39, 0.29) is 17.1 Å². The van der Waals surface area contributed by atoms with Crippen LogP contribution in [0.2, 0.25) is 0 Å². The number of nitro benzene ring substituents is 1. The first-order chi connectivity index (χ1) is 12.6. The third kappa shape index (κ3) is 4.69. The zero-order chi connectivity index (χ0) is 20.2. The second-order valence-corrected chi connectivity index (χ2v) is 8.21. The van der Waals surface area contributed by atoms with Crippen molar-refractivity contribution in [1.82, 2.24) is 4.31 Å². The second-order valence-electron chi connectivity index (χ2n) is 6.32. The fourth-order valence-corrected chi connectivity index (χ4v) is 4.47. The van der Waals surface area contributed by atoms with Crippen LogP contribution < -0.4 is 0 Å². The van der Waals surface area contributed by atoms with Crippen LogP contribution in [0.1, 0.15) is 19.4 Å². The highest BCUT2D eigenvalue weighted by atomic mass is 32.2. The van der Waals surface area contributed by atoms with E-state index in [1.807, 2.05) is 0 Å². The molecule has 0 radical (unpaired) electrons. The van der Waals surface area contributed by atoms with E-state index in [4.69, 9.17) is 0 Å². The molecular formula is C18H20N2O6S. The molecule has 0 amide bonds. The van der Waals surface area contributed by atoms with Gasteiger partial charge in [-0.3, -0.25) is 14.9 Å².